The molecule has 45 heavy (non-hydrogen) atoms. The summed E-state index contributed by atoms with van der Waals surface area (Å²) in [4.78, 5) is 64.0. The maximum atomic E-state index is 14.1. The number of carbonyl (C=O) groups excluding carboxylic acids is 5. The van der Waals surface area contributed by atoms with E-state index >= 15 is 0 Å². The minimum Gasteiger partial charge on any atom is -0.490 e. The van der Waals surface area contributed by atoms with Gasteiger partial charge in [0.15, 0.2) is 11.9 Å². The van der Waals surface area contributed by atoms with E-state index in [4.69, 9.17) is 23.7 Å². The molecular weight excluding hydrogens is 584 g/mol. The number of ether oxygens (including phenoxy) is 5. The lowest BCUT2D eigenvalue weighted by atomic mass is 9.72. The molecule has 11 heteroatoms. The Kier molecular flexibility index (Phi) is 11.0. The molecule has 0 aromatic heterocycles. The molecule has 2 aliphatic rings. The number of carbonyl (C=O) groups is 5. The summed E-state index contributed by atoms with van der Waals surface area (Å²) >= 11 is 0. The fourth-order valence-electron chi connectivity index (χ4n) is 6.44. The summed E-state index contributed by atoms with van der Waals surface area (Å²) in [6.07, 6.45) is -3.60. The molecule has 1 saturated carbocycles. The van der Waals surface area contributed by atoms with E-state index in [2.05, 4.69) is 6.58 Å². The van der Waals surface area contributed by atoms with Crippen molar-refractivity contribution in [3.63, 3.8) is 0 Å². The summed E-state index contributed by atoms with van der Waals surface area (Å²) in [5.41, 5.74) is -3.34. The minimum atomic E-state index is -1.90. The van der Waals surface area contributed by atoms with Crippen LogP contribution in [0.2, 0.25) is 0 Å². The van der Waals surface area contributed by atoms with E-state index in [1.54, 1.807) is 57.2 Å². The van der Waals surface area contributed by atoms with Crippen molar-refractivity contribution in [2.75, 3.05) is 0 Å². The highest BCUT2D eigenvalue weighted by molar-refractivity contribution is 5.92. The lowest BCUT2D eigenvalue weighted by molar-refractivity contribution is -0.191. The lowest BCUT2D eigenvalue weighted by Gasteiger charge is -2.45. The Labute approximate surface area is 263 Å². The topological polar surface area (TPSA) is 152 Å². The first kappa shape index (κ1) is 35.5. The number of esters is 4. The van der Waals surface area contributed by atoms with E-state index in [0.29, 0.717) is 5.75 Å². The Balaban J connectivity index is 2.40. The number of hydrogen-bond acceptors (Lipinski definition) is 11. The van der Waals surface area contributed by atoms with Gasteiger partial charge in [0.1, 0.15) is 29.7 Å². The van der Waals surface area contributed by atoms with Crippen molar-refractivity contribution in [2.45, 2.75) is 97.9 Å². The number of rotatable bonds is 6. The number of allylic oxidation sites excluding steroid dienone is 1. The first-order valence-corrected chi connectivity index (χ1v) is 14.9. The van der Waals surface area contributed by atoms with Crippen molar-refractivity contribution in [1.82, 2.24) is 0 Å². The molecule has 11 nitrogen and oxygen atoms in total. The molecule has 1 N–H and O–H groups in total. The van der Waals surface area contributed by atoms with Crippen LogP contribution in [-0.4, -0.2) is 70.9 Å². The van der Waals surface area contributed by atoms with Gasteiger partial charge in [-0.15, -0.1) is 0 Å². The standard InChI is InChI=1S/C34H44O11/c1-18-15-16-33(8,9)31(39)30(43-23(6)37)29(42-22(5)36)20(3)28(41-21(4)35)26-27(45-25-13-11-10-12-14-25)19(2)17-34(26,40)32(18)44-24(7)38/h10-16,18-19,26-30,32,40H,3,17H2,1-2,4-9H3/b16-15+/t18-,19+,26-,27+,28-,29+,30+,32-,34-/m1/s1. The van der Waals surface area contributed by atoms with Gasteiger partial charge >= 0.3 is 23.9 Å². The second-order valence-corrected chi connectivity index (χ2v) is 12.6. The molecule has 0 heterocycles. The molecule has 0 spiro atoms. The van der Waals surface area contributed by atoms with Crippen molar-refractivity contribution in [3.05, 3.63) is 54.6 Å². The molecule has 0 bridgehead atoms. The molecule has 1 aromatic rings. The predicted molar refractivity (Wildman–Crippen MR) is 162 cm³/mol. The van der Waals surface area contributed by atoms with Crippen molar-refractivity contribution < 1.29 is 52.8 Å². The molecule has 0 aliphatic heterocycles. The van der Waals surface area contributed by atoms with Gasteiger partial charge in [-0.05, 0) is 38.3 Å². The molecule has 1 aromatic carbocycles. The predicted octanol–water partition coefficient (Wildman–Crippen LogP) is 3.91. The van der Waals surface area contributed by atoms with Crippen LogP contribution in [0.3, 0.4) is 0 Å². The van der Waals surface area contributed by atoms with E-state index in [1.807, 2.05) is 13.0 Å². The number of benzene rings is 1. The molecule has 2 aliphatic carbocycles. The molecule has 0 radical (unpaired) electrons. The van der Waals surface area contributed by atoms with Crippen molar-refractivity contribution >= 4 is 29.7 Å². The molecule has 0 amide bonds. The van der Waals surface area contributed by atoms with Crippen molar-refractivity contribution in [1.29, 1.82) is 0 Å². The van der Waals surface area contributed by atoms with Crippen LogP contribution in [0.4, 0.5) is 0 Å². The van der Waals surface area contributed by atoms with Crippen LogP contribution in [0.1, 0.15) is 61.8 Å². The zero-order valence-electron chi connectivity index (χ0n) is 27.1. The van der Waals surface area contributed by atoms with Crippen molar-refractivity contribution in [2.24, 2.45) is 23.2 Å². The zero-order valence-corrected chi connectivity index (χ0v) is 27.1. The third-order valence-corrected chi connectivity index (χ3v) is 8.34. The first-order valence-electron chi connectivity index (χ1n) is 14.9. The SMILES string of the molecule is C=C1[C@@H](OC(C)=O)[C@H]2[C@@H](Oc3ccccc3)[C@@H](C)C[C@]2(O)[C@H](OC(C)=O)[C@H](C)/C=C/C(C)(C)C(=O)[C@@H](OC(C)=O)[C@H]1OC(C)=O. The highest BCUT2D eigenvalue weighted by Gasteiger charge is 2.63. The largest absolute Gasteiger partial charge is 0.490 e. The van der Waals surface area contributed by atoms with Crippen molar-refractivity contribution in [3.8, 4) is 5.75 Å². The molecule has 9 atom stereocenters. The van der Waals surface area contributed by atoms with Gasteiger partial charge in [0.05, 0.1) is 5.92 Å². The Morgan fingerprint density at radius 1 is 0.822 bits per heavy atom. The van der Waals surface area contributed by atoms with Gasteiger partial charge in [0.2, 0.25) is 6.10 Å². The van der Waals surface area contributed by atoms with Crippen LogP contribution in [0.25, 0.3) is 0 Å². The average molecular weight is 629 g/mol. The number of aliphatic hydroxyl groups is 1. The van der Waals surface area contributed by atoms with Crippen LogP contribution in [-0.2, 0) is 42.9 Å². The van der Waals surface area contributed by atoms with Crippen LogP contribution >= 0.6 is 0 Å². The van der Waals surface area contributed by atoms with E-state index in [9.17, 15) is 29.1 Å². The number of hydrogen-bond donors (Lipinski definition) is 1. The first-order chi connectivity index (χ1) is 20.9. The number of Topliss-reactive ketones (excluding diaryl/α,β-unsaturated/α-hetero) is 1. The normalized spacial score (nSPS) is 33.8. The van der Waals surface area contributed by atoms with Crippen LogP contribution in [0, 0.1) is 23.2 Å². The Morgan fingerprint density at radius 2 is 1.33 bits per heavy atom. The Morgan fingerprint density at radius 3 is 1.87 bits per heavy atom. The summed E-state index contributed by atoms with van der Waals surface area (Å²) in [6, 6.07) is 8.80. The third-order valence-electron chi connectivity index (χ3n) is 8.34. The van der Waals surface area contributed by atoms with Gasteiger partial charge in [0, 0.05) is 44.6 Å². The van der Waals surface area contributed by atoms with E-state index in [1.165, 1.54) is 6.92 Å². The van der Waals surface area contributed by atoms with Crippen LogP contribution < -0.4 is 4.74 Å². The minimum absolute atomic E-state index is 0.0459. The van der Waals surface area contributed by atoms with E-state index < -0.39 is 89.0 Å². The highest BCUT2D eigenvalue weighted by Crippen LogP contribution is 2.51. The second-order valence-electron chi connectivity index (χ2n) is 12.6. The molecule has 1 fully saturated rings. The molecule has 0 unspecified atom stereocenters. The highest BCUT2D eigenvalue weighted by atomic mass is 16.6. The van der Waals surface area contributed by atoms with Gasteiger partial charge in [-0.2, -0.15) is 0 Å². The van der Waals surface area contributed by atoms with Crippen LogP contribution in [0.5, 0.6) is 5.75 Å². The second kappa shape index (κ2) is 14.0. The average Bonchev–Trinajstić information content (AvgIpc) is 3.19. The Hall–Kier alpha value is -3.99. The van der Waals surface area contributed by atoms with Gasteiger partial charge in [0.25, 0.3) is 0 Å². The van der Waals surface area contributed by atoms with Gasteiger partial charge in [-0.25, -0.2) is 0 Å². The maximum absolute atomic E-state index is 14.1. The summed E-state index contributed by atoms with van der Waals surface area (Å²) in [5, 5.41) is 12.8. The summed E-state index contributed by atoms with van der Waals surface area (Å²) < 4.78 is 29.2. The number of para-hydroxylation sites is 1. The molecule has 3 rings (SSSR count). The third kappa shape index (κ3) is 8.00. The van der Waals surface area contributed by atoms with E-state index in [0.717, 1.165) is 20.8 Å². The van der Waals surface area contributed by atoms with Gasteiger partial charge < -0.3 is 28.8 Å². The summed E-state index contributed by atoms with van der Waals surface area (Å²) in [6.45, 7) is 15.4. The quantitative estimate of drug-likeness (QED) is 0.277. The van der Waals surface area contributed by atoms with Gasteiger partial charge in [-0.1, -0.05) is 50.8 Å². The van der Waals surface area contributed by atoms with Crippen LogP contribution in [0.15, 0.2) is 54.6 Å². The Bertz CT molecular complexity index is 1330. The molecule has 246 valence electrons. The molecule has 0 saturated heterocycles. The zero-order chi connectivity index (χ0) is 33.9. The maximum Gasteiger partial charge on any atom is 0.303 e. The summed E-state index contributed by atoms with van der Waals surface area (Å²) in [7, 11) is 0. The number of ketones is 1. The van der Waals surface area contributed by atoms with E-state index in [-0.39, 0.29) is 12.0 Å². The van der Waals surface area contributed by atoms with Gasteiger partial charge in [-0.3, -0.25) is 24.0 Å². The lowest BCUT2D eigenvalue weighted by Crippen LogP contribution is -2.59. The fraction of sp³-hybridized carbons (Fsp3) is 0.559. The summed E-state index contributed by atoms with van der Waals surface area (Å²) in [5.74, 6) is -5.51. The fourth-order valence-corrected chi connectivity index (χ4v) is 6.44. The smallest absolute Gasteiger partial charge is 0.303 e. The monoisotopic (exact) mass is 628 g/mol. The molecular formula is C34H44O11. The number of fused-ring (bicyclic) bond motifs is 1.